The van der Waals surface area contributed by atoms with Crippen LogP contribution in [0.3, 0.4) is 0 Å². The number of carbonyl (C=O) groups excluding carboxylic acids is 4. The first-order chi connectivity index (χ1) is 28.7. The monoisotopic (exact) mass is 846 g/mol. The Morgan fingerprint density at radius 2 is 1.37 bits per heavy atom. The number of amides is 2. The fourth-order valence-electron chi connectivity index (χ4n) is 7.97. The van der Waals surface area contributed by atoms with Crippen molar-refractivity contribution in [3.8, 4) is 5.75 Å². The van der Waals surface area contributed by atoms with Gasteiger partial charge in [-0.3, -0.25) is 19.2 Å². The summed E-state index contributed by atoms with van der Waals surface area (Å²) >= 11 is 0. The summed E-state index contributed by atoms with van der Waals surface area (Å²) in [4.78, 5) is 61.1. The summed E-state index contributed by atoms with van der Waals surface area (Å²) in [7, 11) is -2.37. The lowest BCUT2D eigenvalue weighted by molar-refractivity contribution is -0.154. The fraction of sp³-hybridized carbons (Fsp3) is 0.367. The Kier molecular flexibility index (Phi) is 14.3. The zero-order valence-electron chi connectivity index (χ0n) is 35.8. The van der Waals surface area contributed by atoms with Crippen LogP contribution in [0.25, 0.3) is 0 Å². The van der Waals surface area contributed by atoms with E-state index in [9.17, 15) is 9.59 Å². The number of rotatable bonds is 17. The Balaban J connectivity index is 1.48. The summed E-state index contributed by atoms with van der Waals surface area (Å²) in [5.74, 6) is -0.892. The topological polar surface area (TPSA) is 102 Å². The highest BCUT2D eigenvalue weighted by molar-refractivity contribution is 7.96. The van der Waals surface area contributed by atoms with E-state index in [1.807, 2.05) is 61.5 Å². The fourth-order valence-corrected chi connectivity index (χ4v) is 13.9. The van der Waals surface area contributed by atoms with Crippen LogP contribution in [0.4, 0.5) is 0 Å². The van der Waals surface area contributed by atoms with Gasteiger partial charge in [-0.05, 0) is 71.7 Å². The van der Waals surface area contributed by atoms with Gasteiger partial charge in [0.25, 0.3) is 5.91 Å². The van der Waals surface area contributed by atoms with E-state index in [0.717, 1.165) is 15.9 Å². The lowest BCUT2D eigenvalue weighted by Gasteiger charge is -2.53. The third-order valence-corrected chi connectivity index (χ3v) is 21.1. The number of β-lactam (4-membered cyclic amide) rings is 1. The Bertz CT molecular complexity index is 2100. The van der Waals surface area contributed by atoms with Gasteiger partial charge in [0.1, 0.15) is 5.75 Å². The van der Waals surface area contributed by atoms with E-state index in [1.165, 1.54) is 0 Å². The predicted octanol–water partition coefficient (Wildman–Crippen LogP) is 7.39. The smallest absolute Gasteiger partial charge is 0.260 e. The molecule has 60 heavy (non-hydrogen) atoms. The standard InChI is InChI=1S/C49H59N2O7PSi/c1-8-9-25-43(52)48(59(39-19-13-10-14-20-39,40-21-15-11-16-22-40)41-23-17-12-18-24-41)51-42(46(47(51)55)36(2)58-60(6,7)49(3,4)5)34-44(53)37-26-28-38(29-27-37)57-35-45(54)50-30-32-56-33-31-50/h8,10-24,26-29,36,42,46H,1,9,25,30-35H2,2-7H3/t36-,42-,46-/m1/s1. The number of hydrogen-bond donors (Lipinski definition) is 0. The van der Waals surface area contributed by atoms with Gasteiger partial charge in [-0.15, -0.1) is 6.58 Å². The first kappa shape index (κ1) is 44.7. The van der Waals surface area contributed by atoms with E-state index in [2.05, 4.69) is 76.8 Å². The highest BCUT2D eigenvalue weighted by atomic mass is 31.2. The molecule has 0 radical (unpaired) electrons. The molecule has 0 N–H and O–H groups in total. The highest BCUT2D eigenvalue weighted by Crippen LogP contribution is 2.51. The second-order valence-corrected chi connectivity index (χ2v) is 25.1. The van der Waals surface area contributed by atoms with E-state index in [-0.39, 0.29) is 47.9 Å². The van der Waals surface area contributed by atoms with Gasteiger partial charge in [-0.2, -0.15) is 0 Å². The van der Waals surface area contributed by atoms with Gasteiger partial charge < -0.3 is 23.7 Å². The van der Waals surface area contributed by atoms with Gasteiger partial charge >= 0.3 is 0 Å². The Hall–Kier alpha value is -4.86. The molecular formula is C49H59N2O7PSi. The number of carbonyl (C=O) groups is 4. The molecule has 0 saturated carbocycles. The average molecular weight is 847 g/mol. The second kappa shape index (κ2) is 19.2. The van der Waals surface area contributed by atoms with Crippen molar-refractivity contribution < 1.29 is 33.1 Å². The maximum Gasteiger partial charge on any atom is 0.260 e. The van der Waals surface area contributed by atoms with E-state index in [0.29, 0.717) is 49.5 Å². The van der Waals surface area contributed by atoms with Crippen LogP contribution in [0.1, 0.15) is 57.3 Å². The number of hydrogen-bond acceptors (Lipinski definition) is 7. The number of likely N-dealkylation sites (tertiary alicyclic amines) is 1. The second-order valence-electron chi connectivity index (χ2n) is 17.1. The van der Waals surface area contributed by atoms with Crippen molar-refractivity contribution in [2.24, 2.45) is 5.92 Å². The molecule has 0 aliphatic carbocycles. The van der Waals surface area contributed by atoms with Crippen LogP contribution in [0.5, 0.6) is 5.75 Å². The van der Waals surface area contributed by atoms with Crippen LogP contribution in [0, 0.1) is 5.92 Å². The van der Waals surface area contributed by atoms with Crippen LogP contribution in [-0.4, -0.2) is 92.0 Å². The maximum absolute atomic E-state index is 15.2. The van der Waals surface area contributed by atoms with E-state index >= 15 is 9.59 Å². The lowest BCUT2D eigenvalue weighted by Crippen LogP contribution is -2.69. The number of nitrogens with zero attached hydrogens (tertiary/aromatic N) is 2. The van der Waals surface area contributed by atoms with Crippen molar-refractivity contribution in [2.75, 3.05) is 32.9 Å². The number of ether oxygens (including phenoxy) is 2. The number of Topliss-reactive ketones (excluding diaryl/α,β-unsaturated/α-hetero) is 2. The molecular weight excluding hydrogens is 788 g/mol. The maximum atomic E-state index is 15.2. The van der Waals surface area contributed by atoms with Crippen LogP contribution in [0.15, 0.2) is 128 Å². The first-order valence-electron chi connectivity index (χ1n) is 20.9. The zero-order chi connectivity index (χ0) is 43.1. The SMILES string of the molecule is C=CCCC(=O)C(N1C(=O)[C@H]([C@@H](C)O[Si](C)(C)C(C)(C)C)[C@H]1CC(=O)c1ccc(OCC(=O)N2CCOCC2)cc1)=P(c1ccccc1)(c1ccccc1)c1ccccc1. The number of allylic oxidation sites excluding steroid dienone is 1. The van der Waals surface area contributed by atoms with Gasteiger partial charge in [0.15, 0.2) is 26.5 Å². The predicted molar refractivity (Wildman–Crippen MR) is 245 cm³/mol. The number of morpholine rings is 1. The highest BCUT2D eigenvalue weighted by Gasteiger charge is 2.56. The largest absolute Gasteiger partial charge is 0.484 e. The van der Waals surface area contributed by atoms with Gasteiger partial charge in [-0.1, -0.05) is 118 Å². The molecule has 2 fully saturated rings. The summed E-state index contributed by atoms with van der Waals surface area (Å²) in [5, 5.41) is 2.67. The van der Waals surface area contributed by atoms with Crippen LogP contribution in [-0.2, 0) is 23.5 Å². The van der Waals surface area contributed by atoms with Crippen LogP contribution in [0.2, 0.25) is 18.1 Å². The average Bonchev–Trinajstić information content (AvgIpc) is 3.25. The molecule has 2 saturated heterocycles. The number of benzene rings is 4. The zero-order valence-corrected chi connectivity index (χ0v) is 37.7. The Morgan fingerprint density at radius 1 is 0.850 bits per heavy atom. The minimum absolute atomic E-state index is 0.0338. The van der Waals surface area contributed by atoms with Gasteiger partial charge in [0.05, 0.1) is 36.7 Å². The summed E-state index contributed by atoms with van der Waals surface area (Å²) in [5.41, 5.74) is 0.854. The molecule has 0 unspecified atom stereocenters. The van der Waals surface area contributed by atoms with E-state index in [4.69, 9.17) is 13.9 Å². The molecule has 3 atom stereocenters. The molecule has 2 heterocycles. The molecule has 2 amide bonds. The normalized spacial score (nSPS) is 17.7. The van der Waals surface area contributed by atoms with Gasteiger partial charge in [0, 0.05) is 38.4 Å². The molecule has 4 aromatic rings. The van der Waals surface area contributed by atoms with Gasteiger partial charge in [-0.25, -0.2) is 0 Å². The van der Waals surface area contributed by atoms with Gasteiger partial charge in [0.2, 0.25) is 5.91 Å². The molecule has 2 aliphatic rings. The Labute approximate surface area is 356 Å². The van der Waals surface area contributed by atoms with Crippen molar-refractivity contribution in [3.05, 3.63) is 133 Å². The van der Waals surface area contributed by atoms with E-state index in [1.54, 1.807) is 40.1 Å². The molecule has 9 nitrogen and oxygen atoms in total. The lowest BCUT2D eigenvalue weighted by atomic mass is 9.79. The Morgan fingerprint density at radius 3 is 1.85 bits per heavy atom. The number of ketones is 2. The molecule has 4 aromatic carbocycles. The van der Waals surface area contributed by atoms with Crippen molar-refractivity contribution in [1.82, 2.24) is 9.80 Å². The molecule has 11 heteroatoms. The van der Waals surface area contributed by atoms with E-state index < -0.39 is 33.3 Å². The molecule has 6 rings (SSSR count). The third kappa shape index (κ3) is 9.37. The summed E-state index contributed by atoms with van der Waals surface area (Å²) in [6.07, 6.45) is 1.75. The minimum Gasteiger partial charge on any atom is -0.484 e. The van der Waals surface area contributed by atoms with Crippen molar-refractivity contribution in [1.29, 1.82) is 0 Å². The van der Waals surface area contributed by atoms with Crippen molar-refractivity contribution in [3.63, 3.8) is 0 Å². The van der Waals surface area contributed by atoms with Crippen molar-refractivity contribution >= 4 is 59.9 Å². The van der Waals surface area contributed by atoms with Crippen LogP contribution >= 0.6 is 6.89 Å². The van der Waals surface area contributed by atoms with Crippen LogP contribution < -0.4 is 20.7 Å². The van der Waals surface area contributed by atoms with Crippen molar-refractivity contribution in [2.45, 2.75) is 77.2 Å². The quantitative estimate of drug-likeness (QED) is 0.0359. The molecule has 316 valence electrons. The third-order valence-electron chi connectivity index (χ3n) is 12.2. The molecule has 0 spiro atoms. The molecule has 0 aromatic heterocycles. The summed E-state index contributed by atoms with van der Waals surface area (Å²) < 4.78 is 18.1. The summed E-state index contributed by atoms with van der Waals surface area (Å²) in [6, 6.07) is 36.1. The first-order valence-corrected chi connectivity index (χ1v) is 25.6. The minimum atomic E-state index is -3.09. The summed E-state index contributed by atoms with van der Waals surface area (Å²) in [6.45, 7) is 15.5. The molecule has 2 aliphatic heterocycles. The molecule has 0 bridgehead atoms.